The lowest BCUT2D eigenvalue weighted by Crippen LogP contribution is -2.27. The van der Waals surface area contributed by atoms with Crippen molar-refractivity contribution in [3.63, 3.8) is 0 Å². The summed E-state index contributed by atoms with van der Waals surface area (Å²) in [5.74, 6) is 0. The summed E-state index contributed by atoms with van der Waals surface area (Å²) in [6, 6.07) is 7.41. The molecule has 0 unspecified atom stereocenters. The van der Waals surface area contributed by atoms with Crippen LogP contribution in [0, 0.1) is 0 Å². The maximum Gasteiger partial charge on any atom is 0.433 e. The molecule has 9 heteroatoms. The molecule has 0 amide bonds. The third-order valence-corrected chi connectivity index (χ3v) is 5.01. The first-order chi connectivity index (χ1) is 11.6. The van der Waals surface area contributed by atoms with Gasteiger partial charge in [-0.15, -0.1) is 0 Å². The summed E-state index contributed by atoms with van der Waals surface area (Å²) in [5, 5.41) is 0. The summed E-state index contributed by atoms with van der Waals surface area (Å²) in [5.41, 5.74) is 0.119. The van der Waals surface area contributed by atoms with Crippen molar-refractivity contribution in [3.8, 4) is 0 Å². The molecule has 1 N–H and O–H groups in total. The van der Waals surface area contributed by atoms with E-state index in [1.165, 1.54) is 32.2 Å². The van der Waals surface area contributed by atoms with Crippen LogP contribution in [0.1, 0.15) is 29.8 Å². The van der Waals surface area contributed by atoms with Crippen molar-refractivity contribution in [1.29, 1.82) is 0 Å². The Balaban J connectivity index is 2.14. The molecule has 0 saturated carbocycles. The first-order valence-corrected chi connectivity index (χ1v) is 8.75. The smallest absolute Gasteiger partial charge is 0.380 e. The van der Waals surface area contributed by atoms with Crippen LogP contribution in [0.25, 0.3) is 0 Å². The van der Waals surface area contributed by atoms with Crippen LogP contribution in [-0.2, 0) is 27.5 Å². The monoisotopic (exact) mass is 374 g/mol. The average molecular weight is 374 g/mol. The van der Waals surface area contributed by atoms with Gasteiger partial charge in [0.1, 0.15) is 5.69 Å². The Hall–Kier alpha value is -1.97. The van der Waals surface area contributed by atoms with E-state index in [4.69, 9.17) is 4.74 Å². The number of nitrogens with zero attached hydrogens (tertiary/aromatic N) is 1. The van der Waals surface area contributed by atoms with Crippen LogP contribution in [0.2, 0.25) is 0 Å². The van der Waals surface area contributed by atoms with Gasteiger partial charge in [0, 0.05) is 19.3 Å². The quantitative estimate of drug-likeness (QED) is 0.843. The van der Waals surface area contributed by atoms with E-state index in [0.29, 0.717) is 12.2 Å². The molecule has 0 saturated heterocycles. The van der Waals surface area contributed by atoms with Gasteiger partial charge < -0.3 is 4.74 Å². The normalized spacial score (nSPS) is 13.6. The second kappa shape index (κ2) is 7.51. The van der Waals surface area contributed by atoms with Crippen LogP contribution < -0.4 is 4.72 Å². The number of rotatable bonds is 6. The van der Waals surface area contributed by atoms with Gasteiger partial charge in [-0.05, 0) is 36.2 Å². The van der Waals surface area contributed by atoms with Crippen molar-refractivity contribution in [2.75, 3.05) is 7.11 Å². The number of ether oxygens (including phenoxy) is 1. The first-order valence-electron chi connectivity index (χ1n) is 7.27. The average Bonchev–Trinajstić information content (AvgIpc) is 2.54. The van der Waals surface area contributed by atoms with Crippen molar-refractivity contribution in [1.82, 2.24) is 9.71 Å². The number of methoxy groups -OCH3 is 1. The summed E-state index contributed by atoms with van der Waals surface area (Å²) in [7, 11) is -2.28. The standard InChI is InChI=1S/C16H17F3N2O3S/c1-11(13-5-8-15(20-9-13)16(17,18)19)21-25(22,23)14-6-3-12(4-7-14)10-24-2/h3-9,11,21H,10H2,1-2H3/t11-/m1/s1. The minimum absolute atomic E-state index is 0.0547. The molecule has 0 radical (unpaired) electrons. The molecule has 2 rings (SSSR count). The van der Waals surface area contributed by atoms with Crippen LogP contribution in [0.3, 0.4) is 0 Å². The number of pyridine rings is 1. The zero-order chi connectivity index (χ0) is 18.7. The molecule has 2 aromatic rings. The van der Waals surface area contributed by atoms with E-state index in [1.807, 2.05) is 0 Å². The Bertz CT molecular complexity index is 804. The maximum atomic E-state index is 12.5. The molecule has 25 heavy (non-hydrogen) atoms. The highest BCUT2D eigenvalue weighted by Crippen LogP contribution is 2.28. The van der Waals surface area contributed by atoms with Crippen LogP contribution in [0.5, 0.6) is 0 Å². The van der Waals surface area contributed by atoms with Gasteiger partial charge in [0.2, 0.25) is 10.0 Å². The lowest BCUT2D eigenvalue weighted by molar-refractivity contribution is -0.141. The molecule has 1 heterocycles. The van der Waals surface area contributed by atoms with Crippen LogP contribution >= 0.6 is 0 Å². The summed E-state index contributed by atoms with van der Waals surface area (Å²) < 4.78 is 69.7. The second-order valence-corrected chi connectivity index (χ2v) is 7.11. The minimum Gasteiger partial charge on any atom is -0.380 e. The fraction of sp³-hybridized carbons (Fsp3) is 0.312. The fourth-order valence-electron chi connectivity index (χ4n) is 2.13. The molecule has 1 aromatic carbocycles. The number of sulfonamides is 1. The van der Waals surface area contributed by atoms with Crippen LogP contribution in [-0.4, -0.2) is 20.5 Å². The van der Waals surface area contributed by atoms with E-state index in [1.54, 1.807) is 12.1 Å². The number of halogens is 3. The largest absolute Gasteiger partial charge is 0.433 e. The van der Waals surface area contributed by atoms with E-state index in [9.17, 15) is 21.6 Å². The van der Waals surface area contributed by atoms with E-state index >= 15 is 0 Å². The second-order valence-electron chi connectivity index (χ2n) is 5.39. The molecule has 0 spiro atoms. The van der Waals surface area contributed by atoms with E-state index in [-0.39, 0.29) is 4.90 Å². The Morgan fingerprint density at radius 1 is 1.16 bits per heavy atom. The third kappa shape index (κ3) is 5.00. The first kappa shape index (κ1) is 19.4. The van der Waals surface area contributed by atoms with Gasteiger partial charge >= 0.3 is 6.18 Å². The van der Waals surface area contributed by atoms with Gasteiger partial charge in [-0.1, -0.05) is 18.2 Å². The van der Waals surface area contributed by atoms with Gasteiger partial charge in [-0.2, -0.15) is 13.2 Å². The van der Waals surface area contributed by atoms with Crippen molar-refractivity contribution in [2.24, 2.45) is 0 Å². The number of nitrogens with one attached hydrogen (secondary N) is 1. The topological polar surface area (TPSA) is 68.3 Å². The predicted octanol–water partition coefficient (Wildman–Crippen LogP) is 3.29. The highest BCUT2D eigenvalue weighted by atomic mass is 32.2. The number of hydrogen-bond donors (Lipinski definition) is 1. The molecule has 0 fully saturated rings. The molecule has 0 bridgehead atoms. The fourth-order valence-corrected chi connectivity index (χ4v) is 3.36. The summed E-state index contributed by atoms with van der Waals surface area (Å²) in [6.07, 6.45) is -3.52. The third-order valence-electron chi connectivity index (χ3n) is 3.45. The number of benzene rings is 1. The van der Waals surface area contributed by atoms with Crippen molar-refractivity contribution in [2.45, 2.75) is 30.6 Å². The number of aromatic nitrogens is 1. The Morgan fingerprint density at radius 3 is 2.28 bits per heavy atom. The number of hydrogen-bond acceptors (Lipinski definition) is 4. The van der Waals surface area contributed by atoms with Crippen LogP contribution in [0.4, 0.5) is 13.2 Å². The van der Waals surface area contributed by atoms with Gasteiger partial charge in [-0.25, -0.2) is 13.1 Å². The molecule has 0 aliphatic heterocycles. The SMILES string of the molecule is COCc1ccc(S(=O)(=O)N[C@H](C)c2ccc(C(F)(F)F)nc2)cc1. The van der Waals surface area contributed by atoms with Gasteiger partial charge in [0.05, 0.1) is 11.5 Å². The summed E-state index contributed by atoms with van der Waals surface area (Å²) >= 11 is 0. The Kier molecular flexibility index (Phi) is 5.81. The molecule has 5 nitrogen and oxygen atoms in total. The molecular weight excluding hydrogens is 357 g/mol. The van der Waals surface area contributed by atoms with Crippen molar-refractivity contribution < 1.29 is 26.3 Å². The zero-order valence-corrected chi connectivity index (χ0v) is 14.4. The Labute approximate surface area is 143 Å². The van der Waals surface area contributed by atoms with Crippen molar-refractivity contribution in [3.05, 3.63) is 59.4 Å². The molecule has 1 aromatic heterocycles. The van der Waals surface area contributed by atoms with E-state index in [2.05, 4.69) is 9.71 Å². The zero-order valence-electron chi connectivity index (χ0n) is 13.5. The number of alkyl halides is 3. The highest BCUT2D eigenvalue weighted by Gasteiger charge is 2.32. The molecule has 0 aliphatic rings. The van der Waals surface area contributed by atoms with E-state index < -0.39 is 27.9 Å². The lowest BCUT2D eigenvalue weighted by Gasteiger charge is -2.15. The molecular formula is C16H17F3N2O3S. The Morgan fingerprint density at radius 2 is 1.80 bits per heavy atom. The van der Waals surface area contributed by atoms with Crippen LogP contribution in [0.15, 0.2) is 47.5 Å². The molecule has 1 atom stereocenters. The predicted molar refractivity (Wildman–Crippen MR) is 85.1 cm³/mol. The van der Waals surface area contributed by atoms with E-state index in [0.717, 1.165) is 17.8 Å². The molecule has 0 aliphatic carbocycles. The van der Waals surface area contributed by atoms with Gasteiger partial charge in [0.15, 0.2) is 0 Å². The molecule has 136 valence electrons. The summed E-state index contributed by atoms with van der Waals surface area (Å²) in [6.45, 7) is 1.89. The van der Waals surface area contributed by atoms with Crippen molar-refractivity contribution >= 4 is 10.0 Å². The highest BCUT2D eigenvalue weighted by molar-refractivity contribution is 7.89. The van der Waals surface area contributed by atoms with Gasteiger partial charge in [-0.3, -0.25) is 4.98 Å². The lowest BCUT2D eigenvalue weighted by atomic mass is 10.1. The maximum absolute atomic E-state index is 12.5. The minimum atomic E-state index is -4.54. The van der Waals surface area contributed by atoms with Gasteiger partial charge in [0.25, 0.3) is 0 Å². The summed E-state index contributed by atoms with van der Waals surface area (Å²) in [4.78, 5) is 3.39.